The van der Waals surface area contributed by atoms with Crippen molar-refractivity contribution in [3.8, 4) is 5.75 Å². The molecule has 3 rings (SSSR count). The highest BCUT2D eigenvalue weighted by Crippen LogP contribution is 2.26. The van der Waals surface area contributed by atoms with Crippen molar-refractivity contribution in [1.82, 2.24) is 10.2 Å². The van der Waals surface area contributed by atoms with E-state index in [0.29, 0.717) is 11.4 Å². The minimum Gasteiger partial charge on any atom is -0.497 e. The lowest BCUT2D eigenvalue weighted by Gasteiger charge is -2.33. The molecule has 0 fully saturated rings. The molecule has 0 radical (unpaired) electrons. The Bertz CT molecular complexity index is 1440. The maximum atomic E-state index is 14.0. The molecule has 0 saturated carbocycles. The Labute approximate surface area is 245 Å². The number of carbonyl (C=O) groups is 2. The number of halogens is 1. The number of nitrogens with zero attached hydrogens (tertiary/aromatic N) is 2. The standard InChI is InChI=1S/C30H36BrN3O5S/c1-21-10-12-25(13-11-21)34(40(37,38)27-16-14-26(39-6)15-17-27)20-28(35)33(19-23-8-7-9-24(31)18-23)22(2)29(36)32-30(3,4)5/h7-18,22H,19-20H2,1-6H3,(H,32,36)/t22-/m1/s1. The van der Waals surface area contributed by atoms with Gasteiger partial charge in [-0.2, -0.15) is 0 Å². The predicted molar refractivity (Wildman–Crippen MR) is 161 cm³/mol. The lowest BCUT2D eigenvalue weighted by molar-refractivity contribution is -0.140. The van der Waals surface area contributed by atoms with Gasteiger partial charge in [0, 0.05) is 16.6 Å². The van der Waals surface area contributed by atoms with Gasteiger partial charge in [-0.25, -0.2) is 8.42 Å². The fraction of sp³-hybridized carbons (Fsp3) is 0.333. The molecule has 2 amide bonds. The molecular weight excluding hydrogens is 594 g/mol. The normalized spacial score (nSPS) is 12.4. The van der Waals surface area contributed by atoms with E-state index < -0.39 is 34.1 Å². The van der Waals surface area contributed by atoms with Crippen LogP contribution in [0.5, 0.6) is 5.75 Å². The van der Waals surface area contributed by atoms with Crippen LogP contribution in [0.3, 0.4) is 0 Å². The summed E-state index contributed by atoms with van der Waals surface area (Å²) in [5.41, 5.74) is 1.56. The van der Waals surface area contributed by atoms with Crippen molar-refractivity contribution >= 4 is 43.5 Å². The first kappa shape index (κ1) is 31.2. The number of carbonyl (C=O) groups excluding carboxylic acids is 2. The Kier molecular flexibility index (Phi) is 10.0. The zero-order chi connectivity index (χ0) is 29.7. The van der Waals surface area contributed by atoms with Crippen LogP contribution < -0.4 is 14.4 Å². The Morgan fingerprint density at radius 1 is 1.00 bits per heavy atom. The maximum Gasteiger partial charge on any atom is 0.264 e. The van der Waals surface area contributed by atoms with E-state index in [4.69, 9.17) is 4.74 Å². The van der Waals surface area contributed by atoms with E-state index in [1.54, 1.807) is 43.3 Å². The van der Waals surface area contributed by atoms with Gasteiger partial charge < -0.3 is 15.0 Å². The van der Waals surface area contributed by atoms with Gasteiger partial charge in [0.15, 0.2) is 0 Å². The molecule has 0 saturated heterocycles. The maximum absolute atomic E-state index is 14.0. The topological polar surface area (TPSA) is 96.0 Å². The average molecular weight is 631 g/mol. The minimum absolute atomic E-state index is 0.0127. The molecule has 0 spiro atoms. The summed E-state index contributed by atoms with van der Waals surface area (Å²) >= 11 is 3.45. The molecule has 214 valence electrons. The number of benzene rings is 3. The number of aryl methyl sites for hydroxylation is 1. The first-order valence-electron chi connectivity index (χ1n) is 12.8. The summed E-state index contributed by atoms with van der Waals surface area (Å²) in [5.74, 6) is -0.347. The fourth-order valence-corrected chi connectivity index (χ4v) is 5.86. The SMILES string of the molecule is COc1ccc(S(=O)(=O)N(CC(=O)N(Cc2cccc(Br)c2)[C@H](C)C(=O)NC(C)(C)C)c2ccc(C)cc2)cc1. The third kappa shape index (κ3) is 8.08. The van der Waals surface area contributed by atoms with Gasteiger partial charge in [-0.3, -0.25) is 13.9 Å². The van der Waals surface area contributed by atoms with E-state index in [2.05, 4.69) is 21.2 Å². The van der Waals surface area contributed by atoms with Gasteiger partial charge in [0.25, 0.3) is 10.0 Å². The van der Waals surface area contributed by atoms with Crippen LogP contribution in [0.2, 0.25) is 0 Å². The number of hydrogen-bond donors (Lipinski definition) is 1. The number of methoxy groups -OCH3 is 1. The van der Waals surface area contributed by atoms with Crippen molar-refractivity contribution in [2.75, 3.05) is 18.0 Å². The van der Waals surface area contributed by atoms with Crippen molar-refractivity contribution in [3.05, 3.63) is 88.4 Å². The second kappa shape index (κ2) is 12.9. The quantitative estimate of drug-likeness (QED) is 0.329. The summed E-state index contributed by atoms with van der Waals surface area (Å²) in [6, 6.07) is 19.5. The van der Waals surface area contributed by atoms with Crippen molar-refractivity contribution in [2.45, 2.75) is 57.6 Å². The van der Waals surface area contributed by atoms with Crippen LogP contribution in [-0.2, 0) is 26.2 Å². The summed E-state index contributed by atoms with van der Waals surface area (Å²) in [7, 11) is -2.65. The monoisotopic (exact) mass is 629 g/mol. The predicted octanol–water partition coefficient (Wildman–Crippen LogP) is 5.29. The molecular formula is C30H36BrN3O5S. The third-order valence-corrected chi connectivity index (χ3v) is 8.44. The van der Waals surface area contributed by atoms with Crippen molar-refractivity contribution < 1.29 is 22.7 Å². The molecule has 1 N–H and O–H groups in total. The van der Waals surface area contributed by atoms with E-state index in [-0.39, 0.29) is 17.3 Å². The summed E-state index contributed by atoms with van der Waals surface area (Å²) in [6.07, 6.45) is 0. The first-order chi connectivity index (χ1) is 18.7. The van der Waals surface area contributed by atoms with Crippen LogP contribution >= 0.6 is 15.9 Å². The van der Waals surface area contributed by atoms with Gasteiger partial charge in [0.05, 0.1) is 17.7 Å². The Balaban J connectivity index is 2.03. The molecule has 40 heavy (non-hydrogen) atoms. The van der Waals surface area contributed by atoms with Gasteiger partial charge in [0.1, 0.15) is 18.3 Å². The molecule has 0 aliphatic rings. The number of sulfonamides is 1. The average Bonchev–Trinajstić information content (AvgIpc) is 2.89. The lowest BCUT2D eigenvalue weighted by atomic mass is 10.1. The summed E-state index contributed by atoms with van der Waals surface area (Å²) in [4.78, 5) is 28.6. The Hall–Kier alpha value is -3.37. The Morgan fingerprint density at radius 2 is 1.62 bits per heavy atom. The van der Waals surface area contributed by atoms with Crippen LogP contribution in [0.25, 0.3) is 0 Å². The molecule has 0 aliphatic heterocycles. The van der Waals surface area contributed by atoms with E-state index in [1.807, 2.05) is 52.0 Å². The number of rotatable bonds is 10. The molecule has 0 heterocycles. The van der Waals surface area contributed by atoms with E-state index in [0.717, 1.165) is 19.9 Å². The second-order valence-electron chi connectivity index (χ2n) is 10.6. The van der Waals surface area contributed by atoms with Gasteiger partial charge >= 0.3 is 0 Å². The number of anilines is 1. The molecule has 0 unspecified atom stereocenters. The number of hydrogen-bond acceptors (Lipinski definition) is 5. The second-order valence-corrected chi connectivity index (χ2v) is 13.4. The highest BCUT2D eigenvalue weighted by molar-refractivity contribution is 9.10. The van der Waals surface area contributed by atoms with Gasteiger partial charge in [-0.05, 0) is 88.7 Å². The van der Waals surface area contributed by atoms with Crippen LogP contribution in [-0.4, -0.2) is 50.4 Å². The van der Waals surface area contributed by atoms with Crippen LogP contribution in [0.4, 0.5) is 5.69 Å². The van der Waals surface area contributed by atoms with E-state index >= 15 is 0 Å². The van der Waals surface area contributed by atoms with Crippen LogP contribution in [0.1, 0.15) is 38.8 Å². The number of nitrogens with one attached hydrogen (secondary N) is 1. The summed E-state index contributed by atoms with van der Waals surface area (Å²) in [5, 5.41) is 2.92. The number of amides is 2. The molecule has 1 atom stereocenters. The molecule has 0 bridgehead atoms. The molecule has 8 nitrogen and oxygen atoms in total. The fourth-order valence-electron chi connectivity index (χ4n) is 4.00. The van der Waals surface area contributed by atoms with Gasteiger partial charge in [-0.15, -0.1) is 0 Å². The number of ether oxygens (including phenoxy) is 1. The summed E-state index contributed by atoms with van der Waals surface area (Å²) < 4.78 is 34.9. The highest BCUT2D eigenvalue weighted by Gasteiger charge is 2.33. The smallest absolute Gasteiger partial charge is 0.264 e. The van der Waals surface area contributed by atoms with E-state index in [9.17, 15) is 18.0 Å². The minimum atomic E-state index is -4.15. The van der Waals surface area contributed by atoms with Crippen molar-refractivity contribution in [2.24, 2.45) is 0 Å². The largest absolute Gasteiger partial charge is 0.497 e. The Morgan fingerprint density at radius 3 is 2.17 bits per heavy atom. The molecule has 10 heteroatoms. The van der Waals surface area contributed by atoms with Gasteiger partial charge in [0.2, 0.25) is 11.8 Å². The highest BCUT2D eigenvalue weighted by atomic mass is 79.9. The van der Waals surface area contributed by atoms with Crippen LogP contribution in [0, 0.1) is 6.92 Å². The lowest BCUT2D eigenvalue weighted by Crippen LogP contribution is -2.54. The first-order valence-corrected chi connectivity index (χ1v) is 15.0. The zero-order valence-corrected chi connectivity index (χ0v) is 26.0. The zero-order valence-electron chi connectivity index (χ0n) is 23.6. The summed E-state index contributed by atoms with van der Waals surface area (Å²) in [6.45, 7) is 8.73. The molecule has 0 aromatic heterocycles. The molecule has 0 aliphatic carbocycles. The van der Waals surface area contributed by atoms with Crippen molar-refractivity contribution in [1.29, 1.82) is 0 Å². The van der Waals surface area contributed by atoms with Crippen molar-refractivity contribution in [3.63, 3.8) is 0 Å². The molecule has 3 aromatic carbocycles. The van der Waals surface area contributed by atoms with Gasteiger partial charge in [-0.1, -0.05) is 45.8 Å². The van der Waals surface area contributed by atoms with Crippen LogP contribution in [0.15, 0.2) is 82.2 Å². The van der Waals surface area contributed by atoms with E-state index in [1.165, 1.54) is 24.1 Å². The molecule has 3 aromatic rings. The third-order valence-electron chi connectivity index (χ3n) is 6.16.